The monoisotopic (exact) mass is 360 g/mol. The summed E-state index contributed by atoms with van der Waals surface area (Å²) in [5.41, 5.74) is 8.18. The highest BCUT2D eigenvalue weighted by Gasteiger charge is 2.13. The van der Waals surface area contributed by atoms with E-state index in [4.69, 9.17) is 22.1 Å². The molecule has 5 heteroatoms. The van der Waals surface area contributed by atoms with E-state index in [1.54, 1.807) is 7.11 Å². The summed E-state index contributed by atoms with van der Waals surface area (Å²) in [4.78, 5) is 12.1. The summed E-state index contributed by atoms with van der Waals surface area (Å²) in [5.74, 6) is 0.636. The molecule has 0 aromatic heterocycles. The molecule has 0 bridgehead atoms. The third kappa shape index (κ3) is 6.40. The number of rotatable bonds is 9. The minimum atomic E-state index is -0.486. The van der Waals surface area contributed by atoms with Gasteiger partial charge >= 0.3 is 0 Å². The molecular formula is C20H25ClN2O2. The Hall–Kier alpha value is -2.04. The number of hydrogen-bond acceptors (Lipinski definition) is 3. The van der Waals surface area contributed by atoms with Crippen molar-refractivity contribution in [2.75, 3.05) is 7.11 Å². The number of amides is 1. The van der Waals surface area contributed by atoms with E-state index in [0.717, 1.165) is 35.6 Å². The first kappa shape index (κ1) is 19.3. The van der Waals surface area contributed by atoms with Gasteiger partial charge in [0.1, 0.15) is 5.75 Å². The number of halogens is 1. The number of hydrogen-bond donors (Lipinski definition) is 2. The molecule has 0 saturated carbocycles. The average Bonchev–Trinajstić information content (AvgIpc) is 2.64. The Balaban J connectivity index is 1.68. The SMILES string of the molecule is COc1ccccc1CNC(=O)C(N)CCCCc1ccc(Cl)cc1. The third-order valence-corrected chi connectivity index (χ3v) is 4.38. The van der Waals surface area contributed by atoms with Gasteiger partial charge in [-0.2, -0.15) is 0 Å². The molecule has 0 aliphatic rings. The number of unbranched alkanes of at least 4 members (excludes halogenated alkanes) is 1. The van der Waals surface area contributed by atoms with E-state index < -0.39 is 6.04 Å². The maximum Gasteiger partial charge on any atom is 0.237 e. The zero-order valence-corrected chi connectivity index (χ0v) is 15.3. The summed E-state index contributed by atoms with van der Waals surface area (Å²) in [6.07, 6.45) is 3.54. The molecule has 2 rings (SSSR count). The minimum Gasteiger partial charge on any atom is -0.496 e. The van der Waals surface area contributed by atoms with Gasteiger partial charge in [0, 0.05) is 17.1 Å². The fourth-order valence-corrected chi connectivity index (χ4v) is 2.76. The fourth-order valence-electron chi connectivity index (χ4n) is 2.64. The molecule has 1 unspecified atom stereocenters. The molecular weight excluding hydrogens is 336 g/mol. The normalized spacial score (nSPS) is 11.8. The zero-order chi connectivity index (χ0) is 18.1. The van der Waals surface area contributed by atoms with Gasteiger partial charge in [-0.15, -0.1) is 0 Å². The maximum atomic E-state index is 12.1. The van der Waals surface area contributed by atoms with Crippen molar-refractivity contribution in [3.8, 4) is 5.75 Å². The number of benzene rings is 2. The Morgan fingerprint density at radius 1 is 1.16 bits per heavy atom. The van der Waals surface area contributed by atoms with Crippen molar-refractivity contribution < 1.29 is 9.53 Å². The molecule has 0 heterocycles. The Kier molecular flexibility index (Phi) is 7.76. The van der Waals surface area contributed by atoms with Crippen LogP contribution < -0.4 is 15.8 Å². The van der Waals surface area contributed by atoms with Crippen molar-refractivity contribution in [2.24, 2.45) is 5.73 Å². The van der Waals surface area contributed by atoms with Crippen LogP contribution >= 0.6 is 11.6 Å². The molecule has 25 heavy (non-hydrogen) atoms. The van der Waals surface area contributed by atoms with Crippen LogP contribution in [0.4, 0.5) is 0 Å². The van der Waals surface area contributed by atoms with Gasteiger partial charge in [0.25, 0.3) is 0 Å². The largest absolute Gasteiger partial charge is 0.496 e. The Morgan fingerprint density at radius 3 is 2.60 bits per heavy atom. The first-order valence-electron chi connectivity index (χ1n) is 8.50. The van der Waals surface area contributed by atoms with E-state index in [2.05, 4.69) is 5.32 Å². The van der Waals surface area contributed by atoms with E-state index in [9.17, 15) is 4.79 Å². The van der Waals surface area contributed by atoms with Crippen LogP contribution in [0.1, 0.15) is 30.4 Å². The molecule has 0 aliphatic heterocycles. The number of ether oxygens (including phenoxy) is 1. The standard InChI is InChI=1S/C20H25ClN2O2/c1-25-19-9-5-3-7-16(19)14-23-20(24)18(22)8-4-2-6-15-10-12-17(21)13-11-15/h3,5,7,9-13,18H,2,4,6,8,14,22H2,1H3,(H,23,24). The highest BCUT2D eigenvalue weighted by atomic mass is 35.5. The van der Waals surface area contributed by atoms with E-state index in [-0.39, 0.29) is 5.91 Å². The third-order valence-electron chi connectivity index (χ3n) is 4.13. The zero-order valence-electron chi connectivity index (χ0n) is 14.5. The first-order chi connectivity index (χ1) is 12.1. The summed E-state index contributed by atoms with van der Waals surface area (Å²) < 4.78 is 5.28. The highest BCUT2D eigenvalue weighted by molar-refractivity contribution is 6.30. The van der Waals surface area contributed by atoms with Crippen LogP contribution in [-0.2, 0) is 17.8 Å². The van der Waals surface area contributed by atoms with Gasteiger partial charge in [-0.25, -0.2) is 0 Å². The number of nitrogens with two attached hydrogens (primary N) is 1. The van der Waals surface area contributed by atoms with Crippen molar-refractivity contribution >= 4 is 17.5 Å². The summed E-state index contributed by atoms with van der Waals surface area (Å²) in [6, 6.07) is 15.0. The lowest BCUT2D eigenvalue weighted by molar-refractivity contribution is -0.122. The molecule has 2 aromatic carbocycles. The van der Waals surface area contributed by atoms with Crippen LogP contribution in [0.25, 0.3) is 0 Å². The number of nitrogens with one attached hydrogen (secondary N) is 1. The van der Waals surface area contributed by atoms with Gasteiger partial charge in [-0.3, -0.25) is 4.79 Å². The van der Waals surface area contributed by atoms with Crippen LogP contribution in [-0.4, -0.2) is 19.1 Å². The van der Waals surface area contributed by atoms with E-state index >= 15 is 0 Å². The molecule has 1 amide bonds. The molecule has 2 aromatic rings. The molecule has 0 spiro atoms. The van der Waals surface area contributed by atoms with Crippen molar-refractivity contribution in [2.45, 2.75) is 38.3 Å². The average molecular weight is 361 g/mol. The Labute approximate surface area is 154 Å². The number of para-hydroxylation sites is 1. The number of carbonyl (C=O) groups excluding carboxylic acids is 1. The van der Waals surface area contributed by atoms with Crippen LogP contribution in [0.15, 0.2) is 48.5 Å². The van der Waals surface area contributed by atoms with Gasteiger partial charge in [0.2, 0.25) is 5.91 Å². The minimum absolute atomic E-state index is 0.127. The lowest BCUT2D eigenvalue weighted by atomic mass is 10.0. The smallest absolute Gasteiger partial charge is 0.237 e. The van der Waals surface area contributed by atoms with Crippen molar-refractivity contribution in [3.63, 3.8) is 0 Å². The summed E-state index contributed by atoms with van der Waals surface area (Å²) in [6.45, 7) is 0.418. The number of methoxy groups -OCH3 is 1. The topological polar surface area (TPSA) is 64.3 Å². The number of aryl methyl sites for hydroxylation is 1. The summed E-state index contributed by atoms with van der Waals surface area (Å²) in [7, 11) is 1.62. The summed E-state index contributed by atoms with van der Waals surface area (Å²) >= 11 is 5.87. The Morgan fingerprint density at radius 2 is 1.88 bits per heavy atom. The van der Waals surface area contributed by atoms with Crippen molar-refractivity contribution in [1.82, 2.24) is 5.32 Å². The second-order valence-corrected chi connectivity index (χ2v) is 6.44. The van der Waals surface area contributed by atoms with Crippen molar-refractivity contribution in [3.05, 3.63) is 64.7 Å². The van der Waals surface area contributed by atoms with Crippen LogP contribution in [0.5, 0.6) is 5.75 Å². The van der Waals surface area contributed by atoms with Gasteiger partial charge in [-0.05, 0) is 43.0 Å². The molecule has 134 valence electrons. The van der Waals surface area contributed by atoms with E-state index in [1.165, 1.54) is 5.56 Å². The summed E-state index contributed by atoms with van der Waals surface area (Å²) in [5, 5.41) is 3.63. The molecule has 0 fully saturated rings. The second-order valence-electron chi connectivity index (χ2n) is 6.01. The molecule has 0 aliphatic carbocycles. The van der Waals surface area contributed by atoms with Gasteiger partial charge in [-0.1, -0.05) is 48.4 Å². The lowest BCUT2D eigenvalue weighted by Crippen LogP contribution is -2.40. The highest BCUT2D eigenvalue weighted by Crippen LogP contribution is 2.17. The molecule has 3 N–H and O–H groups in total. The molecule has 0 saturated heterocycles. The lowest BCUT2D eigenvalue weighted by Gasteiger charge is -2.13. The number of carbonyl (C=O) groups is 1. The fraction of sp³-hybridized carbons (Fsp3) is 0.350. The van der Waals surface area contributed by atoms with E-state index in [0.29, 0.717) is 13.0 Å². The van der Waals surface area contributed by atoms with Crippen LogP contribution in [0, 0.1) is 0 Å². The van der Waals surface area contributed by atoms with Crippen LogP contribution in [0.3, 0.4) is 0 Å². The second kappa shape index (κ2) is 10.1. The molecule has 1 atom stereocenters. The predicted molar refractivity (Wildman–Crippen MR) is 102 cm³/mol. The van der Waals surface area contributed by atoms with E-state index in [1.807, 2.05) is 48.5 Å². The van der Waals surface area contributed by atoms with Gasteiger partial charge < -0.3 is 15.8 Å². The maximum absolute atomic E-state index is 12.1. The first-order valence-corrected chi connectivity index (χ1v) is 8.87. The van der Waals surface area contributed by atoms with Gasteiger partial charge in [0.05, 0.1) is 13.2 Å². The quantitative estimate of drug-likeness (QED) is 0.670. The predicted octanol–water partition coefficient (Wildman–Crippen LogP) is 3.71. The molecule has 4 nitrogen and oxygen atoms in total. The Bertz CT molecular complexity index is 674. The van der Waals surface area contributed by atoms with Crippen molar-refractivity contribution in [1.29, 1.82) is 0 Å². The van der Waals surface area contributed by atoms with Crippen LogP contribution in [0.2, 0.25) is 5.02 Å². The molecule has 0 radical (unpaired) electrons. The van der Waals surface area contributed by atoms with Gasteiger partial charge in [0.15, 0.2) is 0 Å².